The minimum atomic E-state index is 0.323. The molecule has 0 radical (unpaired) electrons. The van der Waals surface area contributed by atoms with Crippen molar-refractivity contribution < 1.29 is 0 Å². The van der Waals surface area contributed by atoms with Gasteiger partial charge >= 0.3 is 0 Å². The molecule has 0 amide bonds. The molecule has 0 N–H and O–H groups in total. The van der Waals surface area contributed by atoms with Crippen LogP contribution in [0.1, 0.15) is 67.7 Å². The zero-order valence-corrected chi connectivity index (χ0v) is 14.2. The van der Waals surface area contributed by atoms with Crippen molar-refractivity contribution in [3.63, 3.8) is 0 Å². The third-order valence-corrected chi connectivity index (χ3v) is 5.15. The van der Waals surface area contributed by atoms with E-state index in [0.717, 1.165) is 18.9 Å². The van der Waals surface area contributed by atoms with Crippen LogP contribution in [0.4, 0.5) is 0 Å². The third kappa shape index (κ3) is 3.69. The lowest BCUT2D eigenvalue weighted by atomic mass is 9.64. The Labute approximate surface area is 119 Å². The summed E-state index contributed by atoms with van der Waals surface area (Å²) in [6, 6.07) is 0.530. The maximum Gasteiger partial charge on any atom is 0.0786 e. The van der Waals surface area contributed by atoms with E-state index in [-0.39, 0.29) is 0 Å². The van der Waals surface area contributed by atoms with E-state index < -0.39 is 0 Å². The number of nitrogens with zero attached hydrogens (tertiary/aromatic N) is 1. The molecular weight excluding hydrogens is 238 g/mol. The van der Waals surface area contributed by atoms with Crippen LogP contribution in [0.15, 0.2) is 0 Å². The number of hydrogen-bond acceptors (Lipinski definition) is 1. The largest absolute Gasteiger partial charge is 0.364 e. The smallest absolute Gasteiger partial charge is 0.0786 e. The van der Waals surface area contributed by atoms with E-state index in [1.165, 1.54) is 17.8 Å². The van der Waals surface area contributed by atoms with Crippen LogP contribution >= 0.6 is 12.2 Å². The van der Waals surface area contributed by atoms with E-state index >= 15 is 0 Å². The number of likely N-dealkylation sites (tertiary alicyclic amines) is 1. The summed E-state index contributed by atoms with van der Waals surface area (Å²) in [6.45, 7) is 17.6. The summed E-state index contributed by atoms with van der Waals surface area (Å²) < 4.78 is 0. The fourth-order valence-electron chi connectivity index (χ4n) is 3.29. The number of rotatable bonds is 2. The van der Waals surface area contributed by atoms with Crippen LogP contribution in [0.25, 0.3) is 0 Å². The zero-order valence-electron chi connectivity index (χ0n) is 13.3. The third-order valence-electron chi connectivity index (χ3n) is 4.77. The second-order valence-corrected chi connectivity index (χ2v) is 8.23. The second kappa shape index (κ2) is 5.48. The van der Waals surface area contributed by atoms with Crippen molar-refractivity contribution in [3.05, 3.63) is 0 Å². The lowest BCUT2D eigenvalue weighted by Gasteiger charge is -2.46. The van der Waals surface area contributed by atoms with Gasteiger partial charge in [-0.1, -0.05) is 46.8 Å². The van der Waals surface area contributed by atoms with Crippen LogP contribution in [-0.2, 0) is 0 Å². The summed E-state index contributed by atoms with van der Waals surface area (Å²) in [4.78, 5) is 3.61. The van der Waals surface area contributed by atoms with Gasteiger partial charge in [0.05, 0.1) is 4.99 Å². The maximum atomic E-state index is 5.67. The summed E-state index contributed by atoms with van der Waals surface area (Å²) in [6.07, 6.45) is 3.60. The van der Waals surface area contributed by atoms with Gasteiger partial charge in [0, 0.05) is 19.0 Å². The Morgan fingerprint density at radius 2 is 1.67 bits per heavy atom. The number of thiocarbonyl (C=S) groups is 1. The van der Waals surface area contributed by atoms with Crippen LogP contribution in [0.5, 0.6) is 0 Å². The Morgan fingerprint density at radius 1 is 1.11 bits per heavy atom. The van der Waals surface area contributed by atoms with E-state index in [1.54, 1.807) is 0 Å². The molecule has 18 heavy (non-hydrogen) atoms. The van der Waals surface area contributed by atoms with Gasteiger partial charge in [-0.15, -0.1) is 0 Å². The first-order valence-electron chi connectivity index (χ1n) is 7.37. The number of hydrogen-bond donors (Lipinski definition) is 0. The summed E-state index contributed by atoms with van der Waals surface area (Å²) >= 11 is 5.67. The van der Waals surface area contributed by atoms with Crippen molar-refractivity contribution in [1.82, 2.24) is 4.90 Å². The highest BCUT2D eigenvalue weighted by atomic mass is 32.1. The van der Waals surface area contributed by atoms with Gasteiger partial charge < -0.3 is 4.90 Å². The Kier molecular flexibility index (Phi) is 4.86. The van der Waals surface area contributed by atoms with E-state index in [1.807, 2.05) is 0 Å². The molecule has 0 aromatic heterocycles. The van der Waals surface area contributed by atoms with E-state index in [0.29, 0.717) is 16.9 Å². The van der Waals surface area contributed by atoms with Crippen LogP contribution in [0.3, 0.4) is 0 Å². The highest BCUT2D eigenvalue weighted by Crippen LogP contribution is 2.45. The molecule has 1 unspecified atom stereocenters. The average molecular weight is 269 g/mol. The Morgan fingerprint density at radius 3 is 2.11 bits per heavy atom. The molecule has 1 nitrogen and oxygen atoms in total. The molecule has 1 aliphatic heterocycles. The fraction of sp³-hybridized carbons (Fsp3) is 0.938. The summed E-state index contributed by atoms with van der Waals surface area (Å²) in [7, 11) is 0. The molecule has 1 aliphatic rings. The van der Waals surface area contributed by atoms with Crippen molar-refractivity contribution in [2.45, 2.75) is 73.8 Å². The second-order valence-electron chi connectivity index (χ2n) is 7.76. The van der Waals surface area contributed by atoms with Gasteiger partial charge in [0.25, 0.3) is 0 Å². The molecular formula is C16H31NS. The fourth-order valence-corrected chi connectivity index (χ4v) is 3.99. The topological polar surface area (TPSA) is 3.24 Å². The Balaban J connectivity index is 2.98. The van der Waals surface area contributed by atoms with E-state index in [4.69, 9.17) is 12.2 Å². The molecule has 0 aromatic rings. The monoisotopic (exact) mass is 269 g/mol. The van der Waals surface area contributed by atoms with Gasteiger partial charge in [-0.2, -0.15) is 0 Å². The van der Waals surface area contributed by atoms with Gasteiger partial charge in [0.1, 0.15) is 0 Å². The molecule has 2 heteroatoms. The summed E-state index contributed by atoms with van der Waals surface area (Å²) in [5.41, 5.74) is 0.760. The molecule has 0 aromatic carbocycles. The van der Waals surface area contributed by atoms with Gasteiger partial charge in [-0.3, -0.25) is 0 Å². The van der Waals surface area contributed by atoms with Gasteiger partial charge in [0.15, 0.2) is 0 Å². The SMILES string of the molecule is CC(C)N1CCC(C)(C(C)C)CC(C)(C)CC1=S. The van der Waals surface area contributed by atoms with Gasteiger partial charge in [-0.25, -0.2) is 0 Å². The minimum Gasteiger partial charge on any atom is -0.364 e. The highest BCUT2D eigenvalue weighted by Gasteiger charge is 2.38. The molecule has 1 atom stereocenters. The standard InChI is InChI=1S/C16H31NS/c1-12(2)16(7)8-9-17(13(3)4)14(18)10-15(5,6)11-16/h12-13H,8-11H2,1-7H3. The predicted octanol–water partition coefficient (Wildman–Crippen LogP) is 4.90. The lowest BCUT2D eigenvalue weighted by Crippen LogP contribution is -2.45. The molecule has 106 valence electrons. The van der Waals surface area contributed by atoms with Crippen molar-refractivity contribution in [1.29, 1.82) is 0 Å². The van der Waals surface area contributed by atoms with Gasteiger partial charge in [0.2, 0.25) is 0 Å². The summed E-state index contributed by atoms with van der Waals surface area (Å²) in [5, 5.41) is 0. The van der Waals surface area contributed by atoms with Crippen molar-refractivity contribution >= 4 is 17.2 Å². The van der Waals surface area contributed by atoms with Crippen molar-refractivity contribution in [3.8, 4) is 0 Å². The van der Waals surface area contributed by atoms with E-state index in [2.05, 4.69) is 53.4 Å². The maximum absolute atomic E-state index is 5.67. The lowest BCUT2D eigenvalue weighted by molar-refractivity contribution is 0.0867. The molecule has 1 heterocycles. The Bertz CT molecular complexity index is 306. The normalized spacial score (nSPS) is 29.6. The van der Waals surface area contributed by atoms with Crippen molar-refractivity contribution in [2.24, 2.45) is 16.7 Å². The van der Waals surface area contributed by atoms with Crippen LogP contribution in [0.2, 0.25) is 0 Å². The molecule has 0 aliphatic carbocycles. The molecule has 1 fully saturated rings. The Hall–Kier alpha value is -0.110. The van der Waals surface area contributed by atoms with Crippen LogP contribution in [0, 0.1) is 16.7 Å². The molecule has 1 rings (SSSR count). The van der Waals surface area contributed by atoms with Crippen LogP contribution < -0.4 is 0 Å². The van der Waals surface area contributed by atoms with E-state index in [9.17, 15) is 0 Å². The quantitative estimate of drug-likeness (QED) is 0.656. The van der Waals surface area contributed by atoms with Gasteiger partial charge in [-0.05, 0) is 43.4 Å². The molecule has 0 spiro atoms. The highest BCUT2D eigenvalue weighted by molar-refractivity contribution is 7.80. The first kappa shape index (κ1) is 15.9. The minimum absolute atomic E-state index is 0.323. The molecule has 0 saturated carbocycles. The summed E-state index contributed by atoms with van der Waals surface area (Å²) in [5.74, 6) is 0.734. The zero-order chi connectivity index (χ0) is 14.1. The molecule has 1 saturated heterocycles. The predicted molar refractivity (Wildman–Crippen MR) is 85.0 cm³/mol. The molecule has 0 bridgehead atoms. The first-order valence-corrected chi connectivity index (χ1v) is 7.78. The average Bonchev–Trinajstić information content (AvgIpc) is 2.13. The van der Waals surface area contributed by atoms with Crippen LogP contribution in [-0.4, -0.2) is 22.5 Å². The first-order chi connectivity index (χ1) is 8.07. The van der Waals surface area contributed by atoms with Crippen molar-refractivity contribution in [2.75, 3.05) is 6.54 Å².